The number of nitrogens with zero attached hydrogens (tertiary/aromatic N) is 4. The van der Waals surface area contributed by atoms with E-state index in [1.165, 1.54) is 38.6 Å². The van der Waals surface area contributed by atoms with Crippen LogP contribution in [-0.2, 0) is 0 Å². The average molecular weight is 505 g/mol. The zero-order valence-electron chi connectivity index (χ0n) is 23.8. The standard InChI is InChI=1S/C32H48N4O/c1-22(21-35-17-19-36(20-18-35)29-33-15-6-16-34-29)24-8-9-25-23-7-10-27-30(2,3)28(37)12-14-32(27,5)26(23)11-13-31(24,25)4/h6,9,15-16,22,24,27-28,37H,7-8,10-14,17-21H2,1-5H3. The van der Waals surface area contributed by atoms with E-state index in [-0.39, 0.29) is 16.9 Å². The number of hydrogen-bond donors (Lipinski definition) is 1. The molecule has 1 N–H and O–H groups in total. The normalized spacial score (nSPS) is 38.5. The molecule has 0 bridgehead atoms. The molecule has 0 amide bonds. The highest BCUT2D eigenvalue weighted by molar-refractivity contribution is 5.50. The largest absolute Gasteiger partial charge is 0.393 e. The topological polar surface area (TPSA) is 52.5 Å². The predicted octanol–water partition coefficient (Wildman–Crippen LogP) is 5.87. The van der Waals surface area contributed by atoms with E-state index in [0.29, 0.717) is 17.3 Å². The molecular formula is C32H48N4O. The molecule has 2 heterocycles. The first-order valence-electron chi connectivity index (χ1n) is 15.0. The first-order chi connectivity index (χ1) is 17.6. The summed E-state index contributed by atoms with van der Waals surface area (Å²) in [5, 5.41) is 10.8. The predicted molar refractivity (Wildman–Crippen MR) is 150 cm³/mol. The fourth-order valence-corrected chi connectivity index (χ4v) is 9.70. The van der Waals surface area contributed by atoms with Crippen molar-refractivity contribution in [3.05, 3.63) is 41.3 Å². The molecule has 37 heavy (non-hydrogen) atoms. The molecule has 6 unspecified atom stereocenters. The number of fused-ring (bicyclic) bond motifs is 4. The zero-order chi connectivity index (χ0) is 26.0. The van der Waals surface area contributed by atoms with E-state index in [2.05, 4.69) is 60.5 Å². The van der Waals surface area contributed by atoms with E-state index in [0.717, 1.165) is 50.9 Å². The molecule has 6 atom stereocenters. The van der Waals surface area contributed by atoms with Gasteiger partial charge in [0.05, 0.1) is 6.10 Å². The minimum atomic E-state index is -0.153. The van der Waals surface area contributed by atoms with Crippen LogP contribution in [-0.4, -0.2) is 58.8 Å². The number of aromatic nitrogens is 2. The third kappa shape index (κ3) is 4.02. The summed E-state index contributed by atoms with van der Waals surface area (Å²) in [6.07, 6.45) is 14.6. The Bertz CT molecular complexity index is 1070. The summed E-state index contributed by atoms with van der Waals surface area (Å²) in [6, 6.07) is 1.89. The molecule has 6 rings (SSSR count). The van der Waals surface area contributed by atoms with Gasteiger partial charge >= 0.3 is 0 Å². The van der Waals surface area contributed by atoms with Crippen molar-refractivity contribution in [2.75, 3.05) is 37.6 Å². The summed E-state index contributed by atoms with van der Waals surface area (Å²) in [5.41, 5.74) is 5.85. The Balaban J connectivity index is 1.15. The highest BCUT2D eigenvalue weighted by atomic mass is 16.3. The number of hydrogen-bond acceptors (Lipinski definition) is 5. The van der Waals surface area contributed by atoms with Gasteiger partial charge in [0.2, 0.25) is 5.95 Å². The third-order valence-electron chi connectivity index (χ3n) is 11.9. The zero-order valence-corrected chi connectivity index (χ0v) is 23.8. The second-order valence-corrected chi connectivity index (χ2v) is 14.0. The Labute approximate surface area is 224 Å². The van der Waals surface area contributed by atoms with Crippen LogP contribution in [0.1, 0.15) is 79.6 Å². The lowest BCUT2D eigenvalue weighted by atomic mass is 9.46. The number of piperazine rings is 1. The van der Waals surface area contributed by atoms with Crippen LogP contribution in [0.15, 0.2) is 41.3 Å². The number of aliphatic hydroxyl groups is 1. The number of rotatable bonds is 4. The number of aliphatic hydroxyl groups excluding tert-OH is 1. The van der Waals surface area contributed by atoms with E-state index >= 15 is 0 Å². The van der Waals surface area contributed by atoms with Crippen LogP contribution in [0.4, 0.5) is 5.95 Å². The van der Waals surface area contributed by atoms with Crippen LogP contribution in [0.25, 0.3) is 0 Å². The van der Waals surface area contributed by atoms with Gasteiger partial charge in [0.15, 0.2) is 0 Å². The van der Waals surface area contributed by atoms with E-state index in [1.807, 2.05) is 18.5 Å². The van der Waals surface area contributed by atoms with E-state index in [4.69, 9.17) is 0 Å². The van der Waals surface area contributed by atoms with Crippen molar-refractivity contribution in [3.63, 3.8) is 0 Å². The molecule has 5 heteroatoms. The highest BCUT2D eigenvalue weighted by Crippen LogP contribution is 2.66. The molecule has 5 nitrogen and oxygen atoms in total. The molecule has 0 spiro atoms. The molecule has 1 aromatic heterocycles. The van der Waals surface area contributed by atoms with Gasteiger partial charge in [-0.25, -0.2) is 9.97 Å². The molecule has 4 aliphatic carbocycles. The molecular weight excluding hydrogens is 456 g/mol. The molecule has 1 aromatic rings. The van der Waals surface area contributed by atoms with Gasteiger partial charge in [-0.05, 0) is 96.2 Å². The molecule has 0 aromatic carbocycles. The second kappa shape index (κ2) is 9.19. The maximum absolute atomic E-state index is 10.8. The van der Waals surface area contributed by atoms with E-state index < -0.39 is 0 Å². The fourth-order valence-electron chi connectivity index (χ4n) is 9.70. The Morgan fingerprint density at radius 2 is 1.70 bits per heavy atom. The van der Waals surface area contributed by atoms with Crippen LogP contribution < -0.4 is 4.90 Å². The van der Waals surface area contributed by atoms with E-state index in [1.54, 1.807) is 16.7 Å². The molecule has 1 saturated heterocycles. The SMILES string of the molecule is CC(CN1CCN(c2ncccn2)CC1)C1CC=C2C3=C(CCC21C)C1(C)CCC(O)C(C)(C)C1CC3. The monoisotopic (exact) mass is 504 g/mol. The van der Waals surface area contributed by atoms with Gasteiger partial charge < -0.3 is 10.0 Å². The summed E-state index contributed by atoms with van der Waals surface area (Å²) >= 11 is 0. The van der Waals surface area contributed by atoms with Crippen molar-refractivity contribution in [2.24, 2.45) is 34.0 Å². The summed E-state index contributed by atoms with van der Waals surface area (Å²) in [5.74, 6) is 2.90. The van der Waals surface area contributed by atoms with Gasteiger partial charge in [-0.15, -0.1) is 0 Å². The maximum atomic E-state index is 10.8. The van der Waals surface area contributed by atoms with Crippen molar-refractivity contribution >= 4 is 5.95 Å². The van der Waals surface area contributed by atoms with Crippen LogP contribution in [0.3, 0.4) is 0 Å². The van der Waals surface area contributed by atoms with Crippen molar-refractivity contribution in [1.29, 1.82) is 0 Å². The summed E-state index contributed by atoms with van der Waals surface area (Å²) in [6.45, 7) is 17.8. The van der Waals surface area contributed by atoms with Gasteiger partial charge in [-0.1, -0.05) is 46.3 Å². The Kier molecular flexibility index (Phi) is 6.35. The van der Waals surface area contributed by atoms with Crippen LogP contribution in [0.2, 0.25) is 0 Å². The van der Waals surface area contributed by atoms with Crippen LogP contribution in [0.5, 0.6) is 0 Å². The third-order valence-corrected chi connectivity index (χ3v) is 11.9. The molecule has 0 radical (unpaired) electrons. The van der Waals surface area contributed by atoms with Gasteiger partial charge in [0.1, 0.15) is 0 Å². The average Bonchev–Trinajstić information content (AvgIpc) is 3.25. The lowest BCUT2D eigenvalue weighted by molar-refractivity contribution is -0.0905. The van der Waals surface area contributed by atoms with Gasteiger partial charge in [0.25, 0.3) is 0 Å². The molecule has 1 saturated carbocycles. The van der Waals surface area contributed by atoms with Crippen molar-refractivity contribution < 1.29 is 5.11 Å². The summed E-state index contributed by atoms with van der Waals surface area (Å²) in [4.78, 5) is 13.9. The Hall–Kier alpha value is -1.72. The van der Waals surface area contributed by atoms with Crippen molar-refractivity contribution in [1.82, 2.24) is 14.9 Å². The van der Waals surface area contributed by atoms with Crippen molar-refractivity contribution in [2.45, 2.75) is 85.7 Å². The summed E-state index contributed by atoms with van der Waals surface area (Å²) in [7, 11) is 0. The minimum Gasteiger partial charge on any atom is -0.393 e. The van der Waals surface area contributed by atoms with Crippen molar-refractivity contribution in [3.8, 4) is 0 Å². The Morgan fingerprint density at radius 3 is 2.43 bits per heavy atom. The fraction of sp³-hybridized carbons (Fsp3) is 0.750. The quantitative estimate of drug-likeness (QED) is 0.555. The summed E-state index contributed by atoms with van der Waals surface area (Å²) < 4.78 is 0. The highest BCUT2D eigenvalue weighted by Gasteiger charge is 2.57. The molecule has 202 valence electrons. The molecule has 2 fully saturated rings. The maximum Gasteiger partial charge on any atom is 0.225 e. The molecule has 1 aliphatic heterocycles. The number of allylic oxidation sites excluding steroid dienone is 4. The van der Waals surface area contributed by atoms with E-state index in [9.17, 15) is 5.11 Å². The van der Waals surface area contributed by atoms with Crippen LogP contribution in [0, 0.1) is 34.0 Å². The van der Waals surface area contributed by atoms with Crippen LogP contribution >= 0.6 is 0 Å². The number of anilines is 1. The van der Waals surface area contributed by atoms with Gasteiger partial charge in [-0.2, -0.15) is 0 Å². The van der Waals surface area contributed by atoms with Gasteiger partial charge in [-0.3, -0.25) is 4.90 Å². The molecule has 5 aliphatic rings. The lowest BCUT2D eigenvalue weighted by Gasteiger charge is -2.59. The lowest BCUT2D eigenvalue weighted by Crippen LogP contribution is -2.53. The Morgan fingerprint density at radius 1 is 0.973 bits per heavy atom. The first kappa shape index (κ1) is 25.6. The first-order valence-corrected chi connectivity index (χ1v) is 15.0. The second-order valence-electron chi connectivity index (χ2n) is 14.0. The smallest absolute Gasteiger partial charge is 0.225 e. The van der Waals surface area contributed by atoms with Gasteiger partial charge in [0, 0.05) is 45.1 Å². The minimum absolute atomic E-state index is 0.0179.